The summed E-state index contributed by atoms with van der Waals surface area (Å²) in [4.78, 5) is 4.67. The van der Waals surface area contributed by atoms with E-state index in [1.165, 1.54) is 43.8 Å². The summed E-state index contributed by atoms with van der Waals surface area (Å²) in [5, 5.41) is 4.80. The van der Waals surface area contributed by atoms with E-state index in [0.717, 1.165) is 45.3 Å². The Labute approximate surface area is 347 Å². The van der Waals surface area contributed by atoms with Crippen LogP contribution in [0.15, 0.2) is 249 Å². The van der Waals surface area contributed by atoms with Gasteiger partial charge >= 0.3 is 0 Å². The van der Waals surface area contributed by atoms with Crippen molar-refractivity contribution in [3.63, 3.8) is 0 Å². The van der Waals surface area contributed by atoms with Gasteiger partial charge in [-0.3, -0.25) is 0 Å². The summed E-state index contributed by atoms with van der Waals surface area (Å²) in [5.74, 6) is 0. The van der Waals surface area contributed by atoms with Crippen LogP contribution in [0.2, 0.25) is 0 Å². The van der Waals surface area contributed by atoms with Crippen LogP contribution in [0.4, 0.5) is 28.4 Å². The molecule has 0 radical (unpaired) electrons. The summed E-state index contributed by atoms with van der Waals surface area (Å²) in [7, 11) is 0. The van der Waals surface area contributed by atoms with E-state index in [1.54, 1.807) is 0 Å². The highest BCUT2D eigenvalue weighted by Gasteiger charge is 2.19. The van der Waals surface area contributed by atoms with Crippen LogP contribution in [0.25, 0.3) is 54.9 Å². The van der Waals surface area contributed by atoms with Crippen molar-refractivity contribution in [1.82, 2.24) is 0 Å². The monoisotopic (exact) mass is 756 g/mol. The lowest BCUT2D eigenvalue weighted by Gasteiger charge is -2.28. The normalized spacial score (nSPS) is 11.6. The lowest BCUT2D eigenvalue weighted by atomic mass is 9.96. The molecular weight excluding hydrogens is 713 g/mol. The summed E-state index contributed by atoms with van der Waals surface area (Å²) in [6.45, 7) is 6.29. The molecule has 0 amide bonds. The van der Waals surface area contributed by atoms with Crippen molar-refractivity contribution in [1.29, 1.82) is 0 Å². The molecule has 0 spiro atoms. The molecule has 0 saturated heterocycles. The smallest absolute Gasteiger partial charge is 0.0540 e. The average Bonchev–Trinajstić information content (AvgIpc) is 3.31. The molecule has 282 valence electrons. The predicted molar refractivity (Wildman–Crippen MR) is 254 cm³/mol. The third-order valence-corrected chi connectivity index (χ3v) is 11.0. The zero-order valence-electron chi connectivity index (χ0n) is 33.1. The minimum absolute atomic E-state index is 0.989. The second kappa shape index (κ2) is 16.8. The third-order valence-electron chi connectivity index (χ3n) is 11.0. The molecule has 0 fully saturated rings. The number of rotatable bonds is 11. The quantitative estimate of drug-likeness (QED) is 0.121. The van der Waals surface area contributed by atoms with Crippen LogP contribution in [0.5, 0.6) is 0 Å². The molecular formula is C57H44N2. The van der Waals surface area contributed by atoms with Gasteiger partial charge in [-0.05, 0) is 112 Å². The van der Waals surface area contributed by atoms with E-state index >= 15 is 0 Å². The fourth-order valence-electron chi connectivity index (χ4n) is 8.16. The Balaban J connectivity index is 1.09. The van der Waals surface area contributed by atoms with Gasteiger partial charge in [-0.2, -0.15) is 0 Å². The van der Waals surface area contributed by atoms with Crippen LogP contribution in [0.3, 0.4) is 0 Å². The van der Waals surface area contributed by atoms with Crippen LogP contribution in [0, 0.1) is 0 Å². The molecule has 9 aromatic carbocycles. The van der Waals surface area contributed by atoms with Crippen molar-refractivity contribution in [2.45, 2.75) is 6.92 Å². The third kappa shape index (κ3) is 7.36. The molecule has 0 aliphatic heterocycles. The Bertz CT molecular complexity index is 2930. The van der Waals surface area contributed by atoms with Crippen molar-refractivity contribution in [3.8, 4) is 33.4 Å². The van der Waals surface area contributed by atoms with Gasteiger partial charge in [0.15, 0.2) is 0 Å². The average molecular weight is 757 g/mol. The number of hydrogen-bond acceptors (Lipinski definition) is 2. The highest BCUT2D eigenvalue weighted by Crippen LogP contribution is 2.43. The first-order chi connectivity index (χ1) is 29.2. The Kier molecular flexibility index (Phi) is 10.5. The first-order valence-corrected chi connectivity index (χ1v) is 20.2. The summed E-state index contributed by atoms with van der Waals surface area (Å²) in [6, 6.07) is 76.1. The van der Waals surface area contributed by atoms with Crippen molar-refractivity contribution in [2.75, 3.05) is 9.80 Å². The van der Waals surface area contributed by atoms with Crippen LogP contribution in [-0.2, 0) is 0 Å². The van der Waals surface area contributed by atoms with Gasteiger partial charge in [0.05, 0.1) is 11.4 Å². The van der Waals surface area contributed by atoms with E-state index in [0.29, 0.717) is 0 Å². The number of fused-ring (bicyclic) bond motifs is 2. The molecule has 2 nitrogen and oxygen atoms in total. The lowest BCUT2D eigenvalue weighted by Crippen LogP contribution is -2.15. The minimum atomic E-state index is 0.989. The maximum atomic E-state index is 4.25. The van der Waals surface area contributed by atoms with Gasteiger partial charge in [0.25, 0.3) is 0 Å². The van der Waals surface area contributed by atoms with E-state index in [-0.39, 0.29) is 0 Å². The zero-order valence-corrected chi connectivity index (χ0v) is 33.1. The molecule has 9 rings (SSSR count). The molecule has 0 saturated carbocycles. The first kappa shape index (κ1) is 36.9. The topological polar surface area (TPSA) is 6.48 Å². The second-order valence-corrected chi connectivity index (χ2v) is 14.5. The standard InChI is InChI=1S/C57H44N2/c1-3-5-23-46(4-2)58(56-40-38-50(44-19-9-6-10-20-44)52-26-15-17-28-54(52)56)48-34-30-42(31-35-48)43-32-36-49(37-33-43)59(47-24-13-8-14-25-47)57-41-39-51(45-21-11-7-12-22-45)53-27-16-18-29-55(53)57/h3-41H,2H2,1H3/b5-3-,46-23+. The Morgan fingerprint density at radius 3 is 1.32 bits per heavy atom. The van der Waals surface area contributed by atoms with Gasteiger partial charge in [-0.15, -0.1) is 0 Å². The van der Waals surface area contributed by atoms with Crippen LogP contribution in [-0.4, -0.2) is 0 Å². The first-order valence-electron chi connectivity index (χ1n) is 20.2. The van der Waals surface area contributed by atoms with Crippen molar-refractivity contribution < 1.29 is 0 Å². The van der Waals surface area contributed by atoms with Gasteiger partial charge in [-0.25, -0.2) is 0 Å². The summed E-state index contributed by atoms with van der Waals surface area (Å²) < 4.78 is 0. The molecule has 2 heteroatoms. The Hall–Kier alpha value is -7.68. The molecule has 0 aliphatic rings. The fraction of sp³-hybridized carbons (Fsp3) is 0.0175. The highest BCUT2D eigenvalue weighted by atomic mass is 15.2. The SMILES string of the molecule is C=C/C(=C\C=C/C)N(c1ccc(-c2ccc(N(c3ccccc3)c3ccc(-c4ccccc4)c4ccccc34)cc2)cc1)c1ccc(-c2ccccc2)c2ccccc12. The number of hydrogen-bond donors (Lipinski definition) is 0. The summed E-state index contributed by atoms with van der Waals surface area (Å²) in [6.07, 6.45) is 8.17. The number of anilines is 5. The molecule has 0 atom stereocenters. The van der Waals surface area contributed by atoms with Gasteiger partial charge in [-0.1, -0.05) is 183 Å². The van der Waals surface area contributed by atoms with Gasteiger partial charge in [0.1, 0.15) is 0 Å². The van der Waals surface area contributed by atoms with E-state index in [4.69, 9.17) is 0 Å². The van der Waals surface area contributed by atoms with Gasteiger partial charge in [0, 0.05) is 33.5 Å². The molecule has 0 bridgehead atoms. The van der Waals surface area contributed by atoms with Crippen LogP contribution in [0.1, 0.15) is 6.92 Å². The highest BCUT2D eigenvalue weighted by molar-refractivity contribution is 6.07. The number of nitrogens with zero attached hydrogens (tertiary/aromatic N) is 2. The molecule has 9 aromatic rings. The van der Waals surface area contributed by atoms with Crippen LogP contribution < -0.4 is 9.80 Å². The summed E-state index contributed by atoms with van der Waals surface area (Å²) in [5.41, 5.74) is 13.6. The lowest BCUT2D eigenvalue weighted by molar-refractivity contribution is 1.22. The number of benzene rings is 9. The molecule has 0 aliphatic carbocycles. The molecule has 0 heterocycles. The number of allylic oxidation sites excluding steroid dienone is 4. The zero-order chi connectivity index (χ0) is 40.0. The Morgan fingerprint density at radius 1 is 0.390 bits per heavy atom. The molecule has 0 N–H and O–H groups in total. The second-order valence-electron chi connectivity index (χ2n) is 14.5. The molecule has 0 unspecified atom stereocenters. The van der Waals surface area contributed by atoms with E-state index in [1.807, 2.05) is 19.1 Å². The van der Waals surface area contributed by atoms with E-state index < -0.39 is 0 Å². The molecule has 0 aromatic heterocycles. The van der Waals surface area contributed by atoms with Gasteiger partial charge in [0.2, 0.25) is 0 Å². The van der Waals surface area contributed by atoms with Gasteiger partial charge < -0.3 is 9.80 Å². The largest absolute Gasteiger partial charge is 0.310 e. The van der Waals surface area contributed by atoms with Crippen LogP contribution >= 0.6 is 0 Å². The number of para-hydroxylation sites is 1. The van der Waals surface area contributed by atoms with Crippen molar-refractivity contribution in [2.24, 2.45) is 0 Å². The fourth-order valence-corrected chi connectivity index (χ4v) is 8.16. The predicted octanol–water partition coefficient (Wildman–Crippen LogP) is 16.2. The Morgan fingerprint density at radius 2 is 0.814 bits per heavy atom. The maximum Gasteiger partial charge on any atom is 0.0540 e. The van der Waals surface area contributed by atoms with Crippen molar-refractivity contribution >= 4 is 50.0 Å². The molecule has 59 heavy (non-hydrogen) atoms. The van der Waals surface area contributed by atoms with Crippen molar-refractivity contribution in [3.05, 3.63) is 249 Å². The minimum Gasteiger partial charge on any atom is -0.310 e. The van der Waals surface area contributed by atoms with E-state index in [9.17, 15) is 0 Å². The maximum absolute atomic E-state index is 4.25. The summed E-state index contributed by atoms with van der Waals surface area (Å²) >= 11 is 0. The van der Waals surface area contributed by atoms with E-state index in [2.05, 4.69) is 241 Å².